The van der Waals surface area contributed by atoms with Gasteiger partial charge in [-0.3, -0.25) is 9.59 Å². The lowest BCUT2D eigenvalue weighted by atomic mass is 9.98. The van der Waals surface area contributed by atoms with Crippen molar-refractivity contribution in [1.29, 1.82) is 0 Å². The highest BCUT2D eigenvalue weighted by Gasteiger charge is 2.22. The van der Waals surface area contributed by atoms with Gasteiger partial charge in [0.15, 0.2) is 0 Å². The molecule has 0 radical (unpaired) electrons. The van der Waals surface area contributed by atoms with Crippen molar-refractivity contribution in [3.63, 3.8) is 0 Å². The van der Waals surface area contributed by atoms with E-state index in [9.17, 15) is 9.59 Å². The van der Waals surface area contributed by atoms with Crippen LogP contribution in [0.3, 0.4) is 0 Å². The van der Waals surface area contributed by atoms with Crippen molar-refractivity contribution in [3.8, 4) is 5.69 Å². The molecule has 1 N–H and O–H groups in total. The number of aromatic nitrogens is 4. The van der Waals surface area contributed by atoms with Gasteiger partial charge in [-0.1, -0.05) is 29.5 Å². The molecule has 1 amide bonds. The minimum atomic E-state index is -0.534. The molecule has 0 aliphatic carbocycles. The lowest BCUT2D eigenvalue weighted by molar-refractivity contribution is -0.123. The van der Waals surface area contributed by atoms with Crippen LogP contribution >= 0.6 is 11.8 Å². The van der Waals surface area contributed by atoms with Crippen LogP contribution in [0.15, 0.2) is 23.4 Å². The number of rotatable bonds is 8. The van der Waals surface area contributed by atoms with Crippen LogP contribution in [0.25, 0.3) is 5.69 Å². The number of ketones is 1. The van der Waals surface area contributed by atoms with Crippen molar-refractivity contribution < 1.29 is 9.59 Å². The highest BCUT2D eigenvalue weighted by atomic mass is 32.2. The number of benzene rings is 1. The van der Waals surface area contributed by atoms with E-state index in [0.717, 1.165) is 11.3 Å². The molecule has 7 nitrogen and oxygen atoms in total. The van der Waals surface area contributed by atoms with Crippen LogP contribution in [0.4, 0.5) is 0 Å². The Bertz CT molecular complexity index is 801. The Morgan fingerprint density at radius 2 is 2.00 bits per heavy atom. The number of Topliss-reactive ketones (excluding diaryl/α,β-unsaturated/α-hetero) is 1. The zero-order valence-electron chi connectivity index (χ0n) is 15.9. The van der Waals surface area contributed by atoms with Crippen LogP contribution in [0.5, 0.6) is 0 Å². The largest absolute Gasteiger partial charge is 0.351 e. The van der Waals surface area contributed by atoms with Gasteiger partial charge in [-0.15, -0.1) is 5.10 Å². The lowest BCUT2D eigenvalue weighted by Crippen LogP contribution is -2.44. The molecule has 0 unspecified atom stereocenters. The van der Waals surface area contributed by atoms with Crippen LogP contribution in [0, 0.1) is 13.8 Å². The summed E-state index contributed by atoms with van der Waals surface area (Å²) < 4.78 is 1.69. The smallest absolute Gasteiger partial charge is 0.221 e. The number of nitrogens with zero attached hydrogens (tertiary/aromatic N) is 4. The highest BCUT2D eigenvalue weighted by Crippen LogP contribution is 2.22. The average molecular weight is 375 g/mol. The molecule has 0 spiro atoms. The maximum Gasteiger partial charge on any atom is 0.221 e. The van der Waals surface area contributed by atoms with E-state index in [0.29, 0.717) is 23.8 Å². The number of nitrogens with one attached hydrogen (secondary N) is 1. The molecule has 0 saturated carbocycles. The number of carbonyl (C=O) groups excluding carboxylic acids is 2. The average Bonchev–Trinajstić information content (AvgIpc) is 2.93. The number of thioether (sulfide) groups is 1. The van der Waals surface area contributed by atoms with Crippen LogP contribution < -0.4 is 5.32 Å². The normalized spacial score (nSPS) is 11.4. The van der Waals surface area contributed by atoms with Crippen molar-refractivity contribution in [2.75, 3.05) is 5.75 Å². The lowest BCUT2D eigenvalue weighted by Gasteiger charge is -2.24. The van der Waals surface area contributed by atoms with Gasteiger partial charge in [0.1, 0.15) is 5.78 Å². The van der Waals surface area contributed by atoms with Gasteiger partial charge in [-0.25, -0.2) is 0 Å². The van der Waals surface area contributed by atoms with E-state index >= 15 is 0 Å². The number of amides is 1. The summed E-state index contributed by atoms with van der Waals surface area (Å²) in [5, 5.41) is 15.4. The minimum Gasteiger partial charge on any atom is -0.351 e. The molecule has 2 aromatic rings. The SMILES string of the molecule is CC(=O)CC(C)(C)NC(=O)CCSc1nnnn1-c1ccc(C)cc1C. The van der Waals surface area contributed by atoms with Gasteiger partial charge in [0.25, 0.3) is 0 Å². The number of hydrogen-bond acceptors (Lipinski definition) is 6. The molecule has 26 heavy (non-hydrogen) atoms. The molecule has 0 atom stereocenters. The molecule has 1 aromatic heterocycles. The molecule has 2 rings (SSSR count). The van der Waals surface area contributed by atoms with Gasteiger partial charge in [-0.05, 0) is 56.7 Å². The fraction of sp³-hybridized carbons (Fsp3) is 0.500. The maximum atomic E-state index is 12.1. The Morgan fingerprint density at radius 3 is 2.65 bits per heavy atom. The molecule has 140 valence electrons. The molecule has 0 aliphatic rings. The number of carbonyl (C=O) groups is 2. The Balaban J connectivity index is 1.94. The van der Waals surface area contributed by atoms with E-state index < -0.39 is 5.54 Å². The summed E-state index contributed by atoms with van der Waals surface area (Å²) >= 11 is 1.43. The van der Waals surface area contributed by atoms with Gasteiger partial charge in [0, 0.05) is 24.1 Å². The predicted molar refractivity (Wildman–Crippen MR) is 101 cm³/mol. The summed E-state index contributed by atoms with van der Waals surface area (Å²) in [7, 11) is 0. The van der Waals surface area contributed by atoms with Crippen molar-refractivity contribution in [2.45, 2.75) is 58.2 Å². The van der Waals surface area contributed by atoms with Gasteiger partial charge in [0.05, 0.1) is 5.69 Å². The third-order valence-corrected chi connectivity index (χ3v) is 4.67. The summed E-state index contributed by atoms with van der Waals surface area (Å²) in [5.74, 6) is 0.513. The van der Waals surface area contributed by atoms with Crippen molar-refractivity contribution in [2.24, 2.45) is 0 Å². The second kappa shape index (κ2) is 8.44. The molecule has 1 aromatic carbocycles. The number of hydrogen-bond donors (Lipinski definition) is 1. The first kappa shape index (κ1) is 20.1. The van der Waals surface area contributed by atoms with E-state index in [2.05, 4.69) is 26.9 Å². The van der Waals surface area contributed by atoms with E-state index in [1.54, 1.807) is 4.68 Å². The molecule has 0 aliphatic heterocycles. The van der Waals surface area contributed by atoms with Crippen molar-refractivity contribution in [1.82, 2.24) is 25.5 Å². The molecule has 0 bridgehead atoms. The summed E-state index contributed by atoms with van der Waals surface area (Å²) in [6, 6.07) is 6.08. The van der Waals surface area contributed by atoms with Gasteiger partial charge < -0.3 is 5.32 Å². The molecular formula is C18H25N5O2S. The fourth-order valence-electron chi connectivity index (χ4n) is 2.80. The Hall–Kier alpha value is -2.22. The standard InChI is InChI=1S/C18H25N5O2S/c1-12-6-7-15(13(2)10-12)23-17(20-21-22-23)26-9-8-16(25)19-18(4,5)11-14(3)24/h6-7,10H,8-9,11H2,1-5H3,(H,19,25). The third kappa shape index (κ3) is 5.66. The van der Waals surface area contributed by atoms with Crippen LogP contribution in [-0.4, -0.2) is 43.2 Å². The quantitative estimate of drug-likeness (QED) is 0.714. The van der Waals surface area contributed by atoms with E-state index in [-0.39, 0.29) is 11.7 Å². The van der Waals surface area contributed by atoms with Gasteiger partial charge in [-0.2, -0.15) is 4.68 Å². The Kier molecular flexibility index (Phi) is 6.52. The molecule has 0 saturated heterocycles. The first-order valence-electron chi connectivity index (χ1n) is 8.47. The van der Waals surface area contributed by atoms with Gasteiger partial charge >= 0.3 is 0 Å². The summed E-state index contributed by atoms with van der Waals surface area (Å²) in [6.45, 7) is 9.28. The van der Waals surface area contributed by atoms with Gasteiger partial charge in [0.2, 0.25) is 11.1 Å². The Labute approximate surface area is 157 Å². The first-order valence-corrected chi connectivity index (χ1v) is 9.46. The van der Waals surface area contributed by atoms with E-state index in [4.69, 9.17) is 0 Å². The highest BCUT2D eigenvalue weighted by molar-refractivity contribution is 7.99. The molecule has 8 heteroatoms. The zero-order valence-corrected chi connectivity index (χ0v) is 16.7. The van der Waals surface area contributed by atoms with Crippen LogP contribution in [0.1, 0.15) is 44.7 Å². The van der Waals surface area contributed by atoms with Crippen molar-refractivity contribution in [3.05, 3.63) is 29.3 Å². The zero-order chi connectivity index (χ0) is 19.3. The number of aryl methyl sites for hydroxylation is 2. The predicted octanol–water partition coefficient (Wildman–Crippen LogP) is 2.64. The Morgan fingerprint density at radius 1 is 1.27 bits per heavy atom. The van der Waals surface area contributed by atoms with Crippen molar-refractivity contribution >= 4 is 23.5 Å². The summed E-state index contributed by atoms with van der Waals surface area (Å²) in [5.41, 5.74) is 2.66. The van der Waals surface area contributed by atoms with E-state index in [1.807, 2.05) is 39.8 Å². The minimum absolute atomic E-state index is 0.0531. The number of tetrazole rings is 1. The second-order valence-corrected chi connectivity index (χ2v) is 8.13. The molecular weight excluding hydrogens is 350 g/mol. The molecule has 1 heterocycles. The van der Waals surface area contributed by atoms with E-state index in [1.165, 1.54) is 24.2 Å². The monoisotopic (exact) mass is 375 g/mol. The molecule has 0 fully saturated rings. The third-order valence-electron chi connectivity index (χ3n) is 3.75. The van der Waals surface area contributed by atoms with Crippen LogP contribution in [-0.2, 0) is 9.59 Å². The first-order chi connectivity index (χ1) is 12.2. The summed E-state index contributed by atoms with van der Waals surface area (Å²) in [6.07, 6.45) is 0.641. The summed E-state index contributed by atoms with van der Waals surface area (Å²) in [4.78, 5) is 23.4. The fourth-order valence-corrected chi connectivity index (χ4v) is 3.63. The van der Waals surface area contributed by atoms with Crippen LogP contribution in [0.2, 0.25) is 0 Å². The second-order valence-electron chi connectivity index (χ2n) is 7.07. The topological polar surface area (TPSA) is 89.8 Å². The maximum absolute atomic E-state index is 12.1.